The number of rotatable bonds is 4. The number of hydrogen-bond acceptors (Lipinski definition) is 5. The number of non-ortho nitro benzene ring substituents is 1. The van der Waals surface area contributed by atoms with Crippen LogP contribution in [0.5, 0.6) is 0 Å². The minimum absolute atomic E-state index is 0.0278. The van der Waals surface area contributed by atoms with E-state index in [4.69, 9.17) is 4.74 Å². The number of fused-ring (bicyclic) bond motifs is 1. The zero-order valence-corrected chi connectivity index (χ0v) is 16.4. The molecule has 2 aliphatic rings. The average Bonchev–Trinajstić information content (AvgIpc) is 3.12. The van der Waals surface area contributed by atoms with E-state index in [1.54, 1.807) is 17.0 Å². The predicted octanol–water partition coefficient (Wildman–Crippen LogP) is 4.17. The Hall–Kier alpha value is -2.93. The quantitative estimate of drug-likeness (QED) is 0.618. The Morgan fingerprint density at radius 3 is 2.41 bits per heavy atom. The van der Waals surface area contributed by atoms with Crippen molar-refractivity contribution >= 4 is 11.8 Å². The Kier molecular flexibility index (Phi) is 4.78. The topological polar surface area (TPSA) is 92.9 Å². The van der Waals surface area contributed by atoms with Crippen molar-refractivity contribution in [3.63, 3.8) is 0 Å². The molecule has 152 valence electrons. The van der Waals surface area contributed by atoms with Gasteiger partial charge in [0.2, 0.25) is 0 Å². The van der Waals surface area contributed by atoms with Crippen molar-refractivity contribution in [1.82, 2.24) is 4.90 Å². The molecule has 4 atom stereocenters. The van der Waals surface area contributed by atoms with Crippen LogP contribution in [0.4, 0.5) is 10.5 Å². The molecule has 0 aromatic heterocycles. The van der Waals surface area contributed by atoms with Crippen LogP contribution in [-0.2, 0) is 4.74 Å². The van der Waals surface area contributed by atoms with Gasteiger partial charge >= 0.3 is 6.09 Å². The van der Waals surface area contributed by atoms with Crippen LogP contribution < -0.4 is 0 Å². The first-order chi connectivity index (χ1) is 13.8. The first kappa shape index (κ1) is 19.4. The van der Waals surface area contributed by atoms with Gasteiger partial charge in [0.25, 0.3) is 5.69 Å². The molecule has 7 nitrogen and oxygen atoms in total. The zero-order chi connectivity index (χ0) is 20.8. The van der Waals surface area contributed by atoms with Crippen LogP contribution >= 0.6 is 0 Å². The molecule has 1 amide bonds. The Balaban J connectivity index is 1.67. The van der Waals surface area contributed by atoms with Gasteiger partial charge in [-0.2, -0.15) is 0 Å². The zero-order valence-electron chi connectivity index (χ0n) is 16.4. The molecular weight excluding hydrogens is 372 g/mol. The van der Waals surface area contributed by atoms with Crippen LogP contribution in [0.3, 0.4) is 0 Å². The molecule has 2 heterocycles. The largest absolute Gasteiger partial charge is 0.443 e. The van der Waals surface area contributed by atoms with Gasteiger partial charge in [0, 0.05) is 24.1 Å². The molecule has 4 rings (SSSR count). The lowest BCUT2D eigenvalue weighted by molar-refractivity contribution is -0.384. The standard InChI is InChI=1S/C22H24N2O5/c1-22(2)19(14-8-10-16(11-9-14)24(27)28)17-12-13-18(23(17)21(26)29-22)20(25)15-6-4-3-5-7-15/h3-11,17-20,25H,12-13H2,1-2H3/t17-,18+,19?,20+/m0/s1. The highest BCUT2D eigenvalue weighted by Gasteiger charge is 2.55. The van der Waals surface area contributed by atoms with Crippen molar-refractivity contribution in [2.24, 2.45) is 0 Å². The second-order valence-corrected chi connectivity index (χ2v) is 8.27. The summed E-state index contributed by atoms with van der Waals surface area (Å²) in [6, 6.07) is 15.2. The van der Waals surface area contributed by atoms with Crippen LogP contribution in [0, 0.1) is 10.1 Å². The number of aliphatic hydroxyl groups is 1. The number of hydrogen-bond donors (Lipinski definition) is 1. The summed E-state index contributed by atoms with van der Waals surface area (Å²) in [5.41, 5.74) is 0.918. The number of carbonyl (C=O) groups excluding carboxylic acids is 1. The maximum Gasteiger partial charge on any atom is 0.410 e. The molecule has 0 aliphatic carbocycles. The normalized spacial score (nSPS) is 26.5. The summed E-state index contributed by atoms with van der Waals surface area (Å²) in [7, 11) is 0. The number of ether oxygens (including phenoxy) is 1. The number of cyclic esters (lactones) is 1. The first-order valence-electron chi connectivity index (χ1n) is 9.78. The summed E-state index contributed by atoms with van der Waals surface area (Å²) in [5, 5.41) is 21.9. The maximum atomic E-state index is 12.9. The SMILES string of the molecule is CC1(C)OC(=O)N2[C@@H]([C@H](O)c3ccccc3)CC[C@H]2C1c1ccc([N+](=O)[O-])cc1. The van der Waals surface area contributed by atoms with Crippen molar-refractivity contribution in [3.05, 3.63) is 75.8 Å². The molecule has 2 aromatic rings. The lowest BCUT2D eigenvalue weighted by atomic mass is 9.77. The van der Waals surface area contributed by atoms with Gasteiger partial charge in [0.15, 0.2) is 0 Å². The van der Waals surface area contributed by atoms with Crippen LogP contribution in [-0.4, -0.2) is 38.7 Å². The molecule has 1 N–H and O–H groups in total. The van der Waals surface area contributed by atoms with Crippen LogP contribution in [0.25, 0.3) is 0 Å². The number of benzene rings is 2. The molecule has 2 aromatic carbocycles. The summed E-state index contributed by atoms with van der Waals surface area (Å²) in [6.07, 6.45) is 0.174. The molecule has 29 heavy (non-hydrogen) atoms. The van der Waals surface area contributed by atoms with Gasteiger partial charge in [-0.15, -0.1) is 0 Å². The minimum atomic E-state index is -0.799. The third kappa shape index (κ3) is 3.35. The van der Waals surface area contributed by atoms with Gasteiger partial charge in [-0.05, 0) is 37.8 Å². The third-order valence-electron chi connectivity index (χ3n) is 6.14. The molecule has 0 radical (unpaired) electrons. The monoisotopic (exact) mass is 396 g/mol. The number of nitrogens with zero attached hydrogens (tertiary/aromatic N) is 2. The van der Waals surface area contributed by atoms with Crippen molar-refractivity contribution in [1.29, 1.82) is 0 Å². The second kappa shape index (κ2) is 7.15. The number of nitro benzene ring substituents is 1. The molecule has 1 unspecified atom stereocenters. The Bertz CT molecular complexity index is 913. The number of carbonyl (C=O) groups is 1. The van der Waals surface area contributed by atoms with E-state index in [1.165, 1.54) is 12.1 Å². The predicted molar refractivity (Wildman–Crippen MR) is 106 cm³/mol. The van der Waals surface area contributed by atoms with Gasteiger partial charge in [0.1, 0.15) is 5.60 Å². The fourth-order valence-electron chi connectivity index (χ4n) is 4.88. The van der Waals surface area contributed by atoms with Crippen molar-refractivity contribution in [3.8, 4) is 0 Å². The van der Waals surface area contributed by atoms with E-state index in [2.05, 4.69) is 0 Å². The van der Waals surface area contributed by atoms with Gasteiger partial charge in [-0.1, -0.05) is 42.5 Å². The third-order valence-corrected chi connectivity index (χ3v) is 6.14. The highest BCUT2D eigenvalue weighted by Crippen LogP contribution is 2.48. The summed E-state index contributed by atoms with van der Waals surface area (Å²) < 4.78 is 5.79. The van der Waals surface area contributed by atoms with E-state index in [9.17, 15) is 20.0 Å². The van der Waals surface area contributed by atoms with Crippen molar-refractivity contribution in [2.45, 2.75) is 56.4 Å². The van der Waals surface area contributed by atoms with Gasteiger partial charge in [0.05, 0.1) is 17.1 Å². The van der Waals surface area contributed by atoms with Gasteiger partial charge < -0.3 is 9.84 Å². The maximum absolute atomic E-state index is 12.9. The van der Waals surface area contributed by atoms with E-state index >= 15 is 0 Å². The first-order valence-corrected chi connectivity index (χ1v) is 9.78. The average molecular weight is 396 g/mol. The summed E-state index contributed by atoms with van der Waals surface area (Å²) in [5.74, 6) is -0.158. The van der Waals surface area contributed by atoms with Crippen molar-refractivity contribution in [2.75, 3.05) is 0 Å². The second-order valence-electron chi connectivity index (χ2n) is 8.27. The van der Waals surface area contributed by atoms with Gasteiger partial charge in [-0.25, -0.2) is 4.79 Å². The minimum Gasteiger partial charge on any atom is -0.443 e. The number of amides is 1. The highest BCUT2D eigenvalue weighted by atomic mass is 16.6. The molecule has 2 saturated heterocycles. The van der Waals surface area contributed by atoms with Crippen LogP contribution in [0.15, 0.2) is 54.6 Å². The molecule has 7 heteroatoms. The number of nitro groups is 1. The molecule has 2 fully saturated rings. The molecule has 0 bridgehead atoms. The van der Waals surface area contributed by atoms with E-state index in [0.29, 0.717) is 6.42 Å². The van der Waals surface area contributed by atoms with Crippen LogP contribution in [0.1, 0.15) is 49.8 Å². The molecule has 0 saturated carbocycles. The Morgan fingerprint density at radius 2 is 1.79 bits per heavy atom. The highest BCUT2D eigenvalue weighted by molar-refractivity contribution is 5.71. The van der Waals surface area contributed by atoms with E-state index in [0.717, 1.165) is 17.5 Å². The van der Waals surface area contributed by atoms with Crippen LogP contribution in [0.2, 0.25) is 0 Å². The fourth-order valence-corrected chi connectivity index (χ4v) is 4.88. The van der Waals surface area contributed by atoms with Crippen molar-refractivity contribution < 1.29 is 19.6 Å². The molecule has 0 spiro atoms. The van der Waals surface area contributed by atoms with E-state index in [-0.39, 0.29) is 23.7 Å². The lowest BCUT2D eigenvalue weighted by Gasteiger charge is -2.48. The fraction of sp³-hybridized carbons (Fsp3) is 0.409. The van der Waals surface area contributed by atoms with E-state index < -0.39 is 22.7 Å². The van der Waals surface area contributed by atoms with E-state index in [1.807, 2.05) is 44.2 Å². The summed E-state index contributed by atoms with van der Waals surface area (Å²) in [6.45, 7) is 3.74. The number of aliphatic hydroxyl groups excluding tert-OH is 1. The Labute approximate surface area is 169 Å². The summed E-state index contributed by atoms with van der Waals surface area (Å²) >= 11 is 0. The molecule has 2 aliphatic heterocycles. The smallest absolute Gasteiger partial charge is 0.410 e. The Morgan fingerprint density at radius 1 is 1.14 bits per heavy atom. The summed E-state index contributed by atoms with van der Waals surface area (Å²) in [4.78, 5) is 25.1. The lowest BCUT2D eigenvalue weighted by Crippen LogP contribution is -2.58. The molecular formula is C22H24N2O5. The van der Waals surface area contributed by atoms with Gasteiger partial charge in [-0.3, -0.25) is 15.0 Å².